The average molecular weight is 396 g/mol. The van der Waals surface area contributed by atoms with Gasteiger partial charge in [0.25, 0.3) is 5.91 Å². The molecule has 6 heteroatoms. The lowest BCUT2D eigenvalue weighted by atomic mass is 10.0. The van der Waals surface area contributed by atoms with Crippen LogP contribution >= 0.6 is 0 Å². The maximum atomic E-state index is 12.8. The number of carbonyl (C=O) groups excluding carboxylic acids is 1. The Labute approximate surface area is 172 Å². The first-order chi connectivity index (χ1) is 14.1. The molecule has 1 saturated heterocycles. The quantitative estimate of drug-likeness (QED) is 0.812. The third-order valence-electron chi connectivity index (χ3n) is 5.72. The zero-order valence-electron chi connectivity index (χ0n) is 17.2. The topological polar surface area (TPSA) is 54.0 Å². The zero-order chi connectivity index (χ0) is 20.2. The molecule has 2 aromatic carbocycles. The summed E-state index contributed by atoms with van der Waals surface area (Å²) >= 11 is 0. The number of likely N-dealkylation sites (tertiary alicyclic amines) is 1. The van der Waals surface area contributed by atoms with E-state index in [4.69, 9.17) is 9.47 Å². The van der Waals surface area contributed by atoms with E-state index in [0.717, 1.165) is 13.1 Å². The smallest absolute Gasteiger partial charge is 0.251 e. The van der Waals surface area contributed by atoms with Crippen LogP contribution < -0.4 is 19.7 Å². The van der Waals surface area contributed by atoms with Crippen LogP contribution in [-0.2, 0) is 0 Å². The molecule has 0 aromatic heterocycles. The molecule has 4 rings (SSSR count). The van der Waals surface area contributed by atoms with Gasteiger partial charge in [-0.2, -0.15) is 0 Å². The van der Waals surface area contributed by atoms with Crippen molar-refractivity contribution in [1.29, 1.82) is 0 Å². The van der Waals surface area contributed by atoms with Gasteiger partial charge < -0.3 is 19.7 Å². The van der Waals surface area contributed by atoms with E-state index < -0.39 is 0 Å². The fourth-order valence-corrected chi connectivity index (χ4v) is 4.01. The molecule has 154 valence electrons. The molecule has 0 radical (unpaired) electrons. The summed E-state index contributed by atoms with van der Waals surface area (Å²) in [7, 11) is 4.09. The van der Waals surface area contributed by atoms with Gasteiger partial charge in [-0.1, -0.05) is 18.6 Å². The van der Waals surface area contributed by atoms with E-state index in [1.165, 1.54) is 30.5 Å². The Hall–Kier alpha value is -2.73. The van der Waals surface area contributed by atoms with Crippen molar-refractivity contribution in [1.82, 2.24) is 10.2 Å². The standard InChI is InChI=1S/C23H29N3O3/c1-25(2)19-9-6-17(7-10-19)20(26-12-4-3-5-13-26)15-24-23(27)18-8-11-21-22(14-18)29-16-28-21/h6-11,14,20H,3-5,12-13,15-16H2,1-2H3,(H,24,27). The van der Waals surface area contributed by atoms with Gasteiger partial charge in [0.15, 0.2) is 11.5 Å². The summed E-state index contributed by atoms with van der Waals surface area (Å²) in [6.07, 6.45) is 3.71. The predicted octanol–water partition coefficient (Wildman–Crippen LogP) is 3.44. The average Bonchev–Trinajstić information content (AvgIpc) is 3.23. The number of carbonyl (C=O) groups is 1. The highest BCUT2D eigenvalue weighted by molar-refractivity contribution is 5.95. The molecule has 0 saturated carbocycles. The Morgan fingerprint density at radius 3 is 2.48 bits per heavy atom. The van der Waals surface area contributed by atoms with Crippen molar-refractivity contribution in [2.75, 3.05) is 45.4 Å². The summed E-state index contributed by atoms with van der Waals surface area (Å²) in [6, 6.07) is 14.1. The minimum Gasteiger partial charge on any atom is -0.454 e. The monoisotopic (exact) mass is 395 g/mol. The van der Waals surface area contributed by atoms with Gasteiger partial charge in [0.05, 0.1) is 6.04 Å². The highest BCUT2D eigenvalue weighted by Crippen LogP contribution is 2.32. The van der Waals surface area contributed by atoms with Crippen LogP contribution in [0.5, 0.6) is 11.5 Å². The number of nitrogens with one attached hydrogen (secondary N) is 1. The zero-order valence-corrected chi connectivity index (χ0v) is 17.2. The minimum absolute atomic E-state index is 0.0878. The molecule has 2 aliphatic heterocycles. The Morgan fingerprint density at radius 2 is 1.76 bits per heavy atom. The molecule has 0 aliphatic carbocycles. The number of nitrogens with zero attached hydrogens (tertiary/aromatic N) is 2. The Kier molecular flexibility index (Phi) is 5.90. The number of fused-ring (bicyclic) bond motifs is 1. The van der Waals surface area contributed by atoms with Gasteiger partial charge in [0.1, 0.15) is 0 Å². The molecule has 2 heterocycles. The van der Waals surface area contributed by atoms with Crippen LogP contribution in [0.2, 0.25) is 0 Å². The van der Waals surface area contributed by atoms with Gasteiger partial charge in [-0.05, 0) is 61.8 Å². The molecule has 1 unspecified atom stereocenters. The molecule has 1 amide bonds. The van der Waals surface area contributed by atoms with Crippen LogP contribution in [0.3, 0.4) is 0 Å². The van der Waals surface area contributed by atoms with Gasteiger partial charge in [-0.15, -0.1) is 0 Å². The fourth-order valence-electron chi connectivity index (χ4n) is 4.01. The first-order valence-corrected chi connectivity index (χ1v) is 10.3. The summed E-state index contributed by atoms with van der Waals surface area (Å²) in [4.78, 5) is 17.4. The predicted molar refractivity (Wildman–Crippen MR) is 114 cm³/mol. The normalized spacial score (nSPS) is 17.0. The number of hydrogen-bond acceptors (Lipinski definition) is 5. The van der Waals surface area contributed by atoms with E-state index in [-0.39, 0.29) is 18.7 Å². The molecule has 1 fully saturated rings. The second-order valence-electron chi connectivity index (χ2n) is 7.88. The fraction of sp³-hybridized carbons (Fsp3) is 0.435. The largest absolute Gasteiger partial charge is 0.454 e. The van der Waals surface area contributed by atoms with Gasteiger partial charge in [0, 0.05) is 31.9 Å². The molecular weight excluding hydrogens is 366 g/mol. The summed E-state index contributed by atoms with van der Waals surface area (Å²) in [6.45, 7) is 2.93. The van der Waals surface area contributed by atoms with Gasteiger partial charge in [0.2, 0.25) is 6.79 Å². The van der Waals surface area contributed by atoms with Crippen molar-refractivity contribution in [3.8, 4) is 11.5 Å². The number of hydrogen-bond donors (Lipinski definition) is 1. The molecule has 2 aliphatic rings. The number of ether oxygens (including phenoxy) is 2. The van der Waals surface area contributed by atoms with Crippen molar-refractivity contribution in [2.24, 2.45) is 0 Å². The lowest BCUT2D eigenvalue weighted by Crippen LogP contribution is -2.40. The second kappa shape index (κ2) is 8.74. The lowest BCUT2D eigenvalue weighted by molar-refractivity contribution is 0.0924. The lowest BCUT2D eigenvalue weighted by Gasteiger charge is -2.35. The highest BCUT2D eigenvalue weighted by atomic mass is 16.7. The molecule has 0 spiro atoms. The van der Waals surface area contributed by atoms with Gasteiger partial charge in [-0.25, -0.2) is 0 Å². The first kappa shape index (κ1) is 19.6. The minimum atomic E-state index is -0.0878. The van der Waals surface area contributed by atoms with Crippen LogP contribution in [0.25, 0.3) is 0 Å². The molecule has 2 aromatic rings. The van der Waals surface area contributed by atoms with E-state index in [1.54, 1.807) is 18.2 Å². The SMILES string of the molecule is CN(C)c1ccc(C(CNC(=O)c2ccc3c(c2)OCO3)N2CCCCC2)cc1. The molecule has 0 bridgehead atoms. The number of rotatable bonds is 6. The molecule has 29 heavy (non-hydrogen) atoms. The maximum absolute atomic E-state index is 12.8. The van der Waals surface area contributed by atoms with Crippen LogP contribution in [-0.4, -0.2) is 51.3 Å². The summed E-state index contributed by atoms with van der Waals surface area (Å²) in [5, 5.41) is 3.14. The third kappa shape index (κ3) is 4.48. The van der Waals surface area contributed by atoms with Crippen molar-refractivity contribution >= 4 is 11.6 Å². The molecular formula is C23H29N3O3. The van der Waals surface area contributed by atoms with Gasteiger partial charge >= 0.3 is 0 Å². The summed E-state index contributed by atoms with van der Waals surface area (Å²) < 4.78 is 10.7. The molecule has 1 atom stereocenters. The molecule has 1 N–H and O–H groups in total. The van der Waals surface area contributed by atoms with Crippen molar-refractivity contribution in [3.05, 3.63) is 53.6 Å². The highest BCUT2D eigenvalue weighted by Gasteiger charge is 2.24. The van der Waals surface area contributed by atoms with Gasteiger partial charge in [-0.3, -0.25) is 9.69 Å². The van der Waals surface area contributed by atoms with Crippen LogP contribution in [0.1, 0.15) is 41.2 Å². The van der Waals surface area contributed by atoms with Crippen molar-refractivity contribution < 1.29 is 14.3 Å². The third-order valence-corrected chi connectivity index (χ3v) is 5.72. The second-order valence-corrected chi connectivity index (χ2v) is 7.88. The van der Waals surface area contributed by atoms with Crippen LogP contribution in [0.4, 0.5) is 5.69 Å². The Morgan fingerprint density at radius 1 is 1.03 bits per heavy atom. The van der Waals surface area contributed by atoms with Crippen molar-refractivity contribution in [3.63, 3.8) is 0 Å². The van der Waals surface area contributed by atoms with Crippen LogP contribution in [0, 0.1) is 0 Å². The van der Waals surface area contributed by atoms with Crippen LogP contribution in [0.15, 0.2) is 42.5 Å². The van der Waals surface area contributed by atoms with E-state index in [9.17, 15) is 4.79 Å². The molecule has 6 nitrogen and oxygen atoms in total. The van der Waals surface area contributed by atoms with E-state index in [0.29, 0.717) is 23.6 Å². The number of anilines is 1. The Bertz CT molecular complexity index is 845. The number of amides is 1. The Balaban J connectivity index is 1.48. The van der Waals surface area contributed by atoms with E-state index in [1.807, 2.05) is 14.1 Å². The summed E-state index contributed by atoms with van der Waals surface area (Å²) in [5.41, 5.74) is 3.01. The summed E-state index contributed by atoms with van der Waals surface area (Å²) in [5.74, 6) is 1.23. The number of benzene rings is 2. The van der Waals surface area contributed by atoms with E-state index >= 15 is 0 Å². The number of piperidine rings is 1. The first-order valence-electron chi connectivity index (χ1n) is 10.3. The van der Waals surface area contributed by atoms with E-state index in [2.05, 4.69) is 39.4 Å². The maximum Gasteiger partial charge on any atom is 0.251 e. The van der Waals surface area contributed by atoms with Crippen molar-refractivity contribution in [2.45, 2.75) is 25.3 Å².